The van der Waals surface area contributed by atoms with Crippen LogP contribution < -0.4 is 5.32 Å². The minimum absolute atomic E-state index is 0.00196. The standard InChI is InChI=1S/C13H18N2O3S/c1-2-12-15-10(7-19-12)6-11(16)14-9-4-3-8(5-9)13(17)18/h7-9H,2-6H2,1H3,(H,14,16)(H,17,18)/t8-,9-/m1/s1. The molecule has 1 heterocycles. The number of nitrogens with one attached hydrogen (secondary N) is 1. The second kappa shape index (κ2) is 6.14. The molecule has 0 spiro atoms. The van der Waals surface area contributed by atoms with E-state index >= 15 is 0 Å². The number of hydrogen-bond donors (Lipinski definition) is 2. The normalized spacial score (nSPS) is 22.4. The molecule has 0 aliphatic heterocycles. The van der Waals surface area contributed by atoms with Crippen LogP contribution in [0.1, 0.15) is 36.9 Å². The van der Waals surface area contributed by atoms with Gasteiger partial charge in [-0.05, 0) is 25.7 Å². The van der Waals surface area contributed by atoms with Crippen molar-refractivity contribution in [2.75, 3.05) is 0 Å². The van der Waals surface area contributed by atoms with Crippen LogP contribution in [0.5, 0.6) is 0 Å². The predicted molar refractivity (Wildman–Crippen MR) is 72.1 cm³/mol. The van der Waals surface area contributed by atoms with Gasteiger partial charge >= 0.3 is 5.97 Å². The Labute approximate surface area is 116 Å². The van der Waals surface area contributed by atoms with Gasteiger partial charge in [-0.15, -0.1) is 11.3 Å². The number of rotatable bonds is 5. The zero-order valence-corrected chi connectivity index (χ0v) is 11.7. The third-order valence-corrected chi connectivity index (χ3v) is 4.43. The summed E-state index contributed by atoms with van der Waals surface area (Å²) in [6, 6.07) is -0.00196. The number of carbonyl (C=O) groups excluding carboxylic acids is 1. The van der Waals surface area contributed by atoms with Crippen LogP contribution in [-0.4, -0.2) is 28.0 Å². The number of aromatic nitrogens is 1. The smallest absolute Gasteiger partial charge is 0.306 e. The van der Waals surface area contributed by atoms with E-state index in [4.69, 9.17) is 5.11 Å². The predicted octanol–water partition coefficient (Wildman–Crippen LogP) is 1.62. The molecular weight excluding hydrogens is 264 g/mol. The summed E-state index contributed by atoms with van der Waals surface area (Å²) in [6.45, 7) is 2.03. The summed E-state index contributed by atoms with van der Waals surface area (Å²) < 4.78 is 0. The van der Waals surface area contributed by atoms with Crippen molar-refractivity contribution in [3.05, 3.63) is 16.1 Å². The maximum atomic E-state index is 11.8. The lowest BCUT2D eigenvalue weighted by molar-refractivity contribution is -0.141. The molecule has 1 aromatic rings. The molecule has 19 heavy (non-hydrogen) atoms. The highest BCUT2D eigenvalue weighted by molar-refractivity contribution is 7.09. The highest BCUT2D eigenvalue weighted by atomic mass is 32.1. The third kappa shape index (κ3) is 3.76. The molecule has 0 unspecified atom stereocenters. The molecule has 1 amide bonds. The van der Waals surface area contributed by atoms with Crippen molar-refractivity contribution >= 4 is 23.2 Å². The lowest BCUT2D eigenvalue weighted by Crippen LogP contribution is -2.34. The maximum Gasteiger partial charge on any atom is 0.306 e. The summed E-state index contributed by atoms with van der Waals surface area (Å²) in [4.78, 5) is 27.0. The van der Waals surface area contributed by atoms with Crippen molar-refractivity contribution < 1.29 is 14.7 Å². The molecule has 0 aromatic carbocycles. The fraction of sp³-hybridized carbons (Fsp3) is 0.615. The van der Waals surface area contributed by atoms with Crippen molar-refractivity contribution in [2.24, 2.45) is 5.92 Å². The van der Waals surface area contributed by atoms with E-state index in [9.17, 15) is 9.59 Å². The molecule has 1 aromatic heterocycles. The second-order valence-electron chi connectivity index (χ2n) is 4.88. The number of thiazole rings is 1. The van der Waals surface area contributed by atoms with Crippen molar-refractivity contribution in [3.8, 4) is 0 Å². The Morgan fingerprint density at radius 2 is 2.32 bits per heavy atom. The third-order valence-electron chi connectivity index (χ3n) is 3.39. The lowest BCUT2D eigenvalue weighted by atomic mass is 10.1. The van der Waals surface area contributed by atoms with Crippen LogP contribution in [0.4, 0.5) is 0 Å². The Morgan fingerprint density at radius 3 is 2.89 bits per heavy atom. The number of aryl methyl sites for hydroxylation is 1. The van der Waals surface area contributed by atoms with Gasteiger partial charge in [0.05, 0.1) is 23.0 Å². The largest absolute Gasteiger partial charge is 0.481 e. The molecule has 1 saturated carbocycles. The fourth-order valence-electron chi connectivity index (χ4n) is 2.37. The summed E-state index contributed by atoms with van der Waals surface area (Å²) in [5.74, 6) is -1.14. The van der Waals surface area contributed by atoms with E-state index in [0.717, 1.165) is 23.5 Å². The van der Waals surface area contributed by atoms with Crippen LogP contribution in [-0.2, 0) is 22.4 Å². The molecular formula is C13H18N2O3S. The van der Waals surface area contributed by atoms with Crippen LogP contribution >= 0.6 is 11.3 Å². The molecule has 6 heteroatoms. The molecule has 2 N–H and O–H groups in total. The first kappa shape index (κ1) is 14.0. The Bertz CT molecular complexity index is 472. The topological polar surface area (TPSA) is 79.3 Å². The molecule has 0 bridgehead atoms. The van der Waals surface area contributed by atoms with Gasteiger partial charge in [0.25, 0.3) is 0 Å². The first-order chi connectivity index (χ1) is 9.08. The average Bonchev–Trinajstić information content (AvgIpc) is 2.98. The van der Waals surface area contributed by atoms with E-state index in [0.29, 0.717) is 12.8 Å². The molecule has 0 saturated heterocycles. The van der Waals surface area contributed by atoms with Gasteiger partial charge in [0.2, 0.25) is 5.91 Å². The molecule has 2 rings (SSSR count). The molecule has 1 aliphatic carbocycles. The minimum Gasteiger partial charge on any atom is -0.481 e. The van der Waals surface area contributed by atoms with E-state index in [1.165, 1.54) is 0 Å². The van der Waals surface area contributed by atoms with Gasteiger partial charge in [-0.1, -0.05) is 6.92 Å². The van der Waals surface area contributed by atoms with Gasteiger partial charge in [-0.2, -0.15) is 0 Å². The first-order valence-corrected chi connectivity index (χ1v) is 7.42. The van der Waals surface area contributed by atoms with Crippen LogP contribution in [0, 0.1) is 5.92 Å². The van der Waals surface area contributed by atoms with E-state index in [1.54, 1.807) is 11.3 Å². The Hall–Kier alpha value is -1.43. The monoisotopic (exact) mass is 282 g/mol. The number of hydrogen-bond acceptors (Lipinski definition) is 4. The quantitative estimate of drug-likeness (QED) is 0.860. The summed E-state index contributed by atoms with van der Waals surface area (Å²) in [5.41, 5.74) is 0.798. The van der Waals surface area contributed by atoms with Crippen LogP contribution in [0.25, 0.3) is 0 Å². The van der Waals surface area contributed by atoms with Crippen molar-refractivity contribution in [2.45, 2.75) is 45.1 Å². The highest BCUT2D eigenvalue weighted by Gasteiger charge is 2.30. The molecule has 1 fully saturated rings. The SMILES string of the molecule is CCc1nc(CC(=O)N[C@@H]2CC[C@@H](C(=O)O)C2)cs1. The van der Waals surface area contributed by atoms with Crippen LogP contribution in [0.2, 0.25) is 0 Å². The average molecular weight is 282 g/mol. The Balaban J connectivity index is 1.80. The fourth-order valence-corrected chi connectivity index (χ4v) is 3.12. The van der Waals surface area contributed by atoms with Crippen molar-refractivity contribution in [1.82, 2.24) is 10.3 Å². The van der Waals surface area contributed by atoms with Gasteiger partial charge in [-0.3, -0.25) is 9.59 Å². The lowest BCUT2D eigenvalue weighted by Gasteiger charge is -2.11. The van der Waals surface area contributed by atoms with Gasteiger partial charge < -0.3 is 10.4 Å². The summed E-state index contributed by atoms with van der Waals surface area (Å²) in [5, 5.41) is 14.8. The first-order valence-electron chi connectivity index (χ1n) is 6.54. The van der Waals surface area contributed by atoms with Gasteiger partial charge in [0.1, 0.15) is 0 Å². The highest BCUT2D eigenvalue weighted by Crippen LogP contribution is 2.25. The summed E-state index contributed by atoms with van der Waals surface area (Å²) in [6.07, 6.45) is 3.11. The van der Waals surface area contributed by atoms with Crippen molar-refractivity contribution in [1.29, 1.82) is 0 Å². The zero-order chi connectivity index (χ0) is 13.8. The number of carbonyl (C=O) groups is 2. The number of carboxylic acid groups (broad SMARTS) is 1. The molecule has 104 valence electrons. The van der Waals surface area contributed by atoms with E-state index < -0.39 is 5.97 Å². The summed E-state index contributed by atoms with van der Waals surface area (Å²) >= 11 is 1.57. The maximum absolute atomic E-state index is 11.8. The summed E-state index contributed by atoms with van der Waals surface area (Å²) in [7, 11) is 0. The Kier molecular flexibility index (Phi) is 4.52. The molecule has 2 atom stereocenters. The minimum atomic E-state index is -0.760. The molecule has 0 radical (unpaired) electrons. The second-order valence-corrected chi connectivity index (χ2v) is 5.82. The number of aliphatic carboxylic acids is 1. The number of amides is 1. The van der Waals surface area contributed by atoms with Gasteiger partial charge in [0, 0.05) is 11.4 Å². The van der Waals surface area contributed by atoms with Crippen LogP contribution in [0.3, 0.4) is 0 Å². The van der Waals surface area contributed by atoms with E-state index in [-0.39, 0.29) is 24.3 Å². The van der Waals surface area contributed by atoms with E-state index in [2.05, 4.69) is 10.3 Å². The van der Waals surface area contributed by atoms with Gasteiger partial charge in [-0.25, -0.2) is 4.98 Å². The molecule has 5 nitrogen and oxygen atoms in total. The van der Waals surface area contributed by atoms with Gasteiger partial charge in [0.15, 0.2) is 0 Å². The number of nitrogens with zero attached hydrogens (tertiary/aromatic N) is 1. The van der Waals surface area contributed by atoms with E-state index in [1.807, 2.05) is 12.3 Å². The zero-order valence-electron chi connectivity index (χ0n) is 10.9. The Morgan fingerprint density at radius 1 is 1.53 bits per heavy atom. The van der Waals surface area contributed by atoms with Crippen LogP contribution in [0.15, 0.2) is 5.38 Å². The molecule has 1 aliphatic rings. The van der Waals surface area contributed by atoms with Crippen molar-refractivity contribution in [3.63, 3.8) is 0 Å². The number of carboxylic acids is 1.